The third-order valence-corrected chi connectivity index (χ3v) is 5.74. The van der Waals surface area contributed by atoms with E-state index in [-0.39, 0.29) is 11.6 Å². The molecule has 0 aromatic rings. The lowest BCUT2D eigenvalue weighted by molar-refractivity contribution is 0.0398. The van der Waals surface area contributed by atoms with Gasteiger partial charge in [0.15, 0.2) is 0 Å². The van der Waals surface area contributed by atoms with Crippen LogP contribution in [0.3, 0.4) is 0 Å². The van der Waals surface area contributed by atoms with Gasteiger partial charge < -0.3 is 18.0 Å². The summed E-state index contributed by atoms with van der Waals surface area (Å²) < 4.78 is 21.8. The molecule has 0 amide bonds. The Labute approximate surface area is 94.2 Å². The first-order valence-corrected chi connectivity index (χ1v) is 7.13. The van der Waals surface area contributed by atoms with Crippen molar-refractivity contribution >= 4 is 8.80 Å². The van der Waals surface area contributed by atoms with E-state index >= 15 is 0 Å². The molecular formula is C10H24O4Si. The number of hydrogen-bond donors (Lipinski definition) is 0. The van der Waals surface area contributed by atoms with E-state index in [1.807, 2.05) is 6.92 Å². The van der Waals surface area contributed by atoms with Gasteiger partial charge in [-0.3, -0.25) is 0 Å². The van der Waals surface area contributed by atoms with E-state index in [0.29, 0.717) is 6.61 Å². The molecule has 2 unspecified atom stereocenters. The van der Waals surface area contributed by atoms with Gasteiger partial charge in [-0.2, -0.15) is 0 Å². The van der Waals surface area contributed by atoms with Gasteiger partial charge in [0, 0.05) is 26.9 Å². The highest BCUT2D eigenvalue weighted by Crippen LogP contribution is 2.24. The smallest absolute Gasteiger partial charge is 0.378 e. The normalized spacial score (nSPS) is 16.4. The predicted molar refractivity (Wildman–Crippen MR) is 61.9 cm³/mol. The largest absolute Gasteiger partial charge is 0.505 e. The van der Waals surface area contributed by atoms with E-state index < -0.39 is 8.80 Å². The van der Waals surface area contributed by atoms with E-state index in [1.54, 1.807) is 21.3 Å². The predicted octanol–water partition coefficient (Wildman–Crippen LogP) is 2.07. The monoisotopic (exact) mass is 236 g/mol. The maximum absolute atomic E-state index is 5.66. The zero-order chi connectivity index (χ0) is 11.9. The van der Waals surface area contributed by atoms with Crippen molar-refractivity contribution in [2.24, 2.45) is 0 Å². The van der Waals surface area contributed by atoms with Crippen molar-refractivity contribution < 1.29 is 18.0 Å². The summed E-state index contributed by atoms with van der Waals surface area (Å²) in [6, 6.07) is 0. The molecule has 0 aliphatic heterocycles. The van der Waals surface area contributed by atoms with Gasteiger partial charge >= 0.3 is 8.80 Å². The fraction of sp³-hybridized carbons (Fsp3) is 1.00. The fourth-order valence-electron chi connectivity index (χ4n) is 1.38. The van der Waals surface area contributed by atoms with Crippen LogP contribution in [0.2, 0.25) is 5.54 Å². The highest BCUT2D eigenvalue weighted by atomic mass is 28.4. The summed E-state index contributed by atoms with van der Waals surface area (Å²) in [5.41, 5.74) is 0.145. The third kappa shape index (κ3) is 4.20. The summed E-state index contributed by atoms with van der Waals surface area (Å²) in [7, 11) is 2.35. The summed E-state index contributed by atoms with van der Waals surface area (Å²) in [5, 5.41) is 0. The lowest BCUT2D eigenvalue weighted by Crippen LogP contribution is -2.48. The molecule has 92 valence electrons. The minimum Gasteiger partial charge on any atom is -0.378 e. The van der Waals surface area contributed by atoms with Crippen LogP contribution in [-0.2, 0) is 18.0 Å². The van der Waals surface area contributed by atoms with Crippen LogP contribution >= 0.6 is 0 Å². The summed E-state index contributed by atoms with van der Waals surface area (Å²) >= 11 is 0. The zero-order valence-corrected chi connectivity index (χ0v) is 11.7. The molecule has 2 atom stereocenters. The second-order valence-corrected chi connectivity index (χ2v) is 7.09. The first-order chi connectivity index (χ1) is 7.06. The standard InChI is InChI=1S/C10H24O4Si/c1-7-9(2)14-8-10(3)15(11-4,12-5)13-6/h9-10H,7-8H2,1-6H3. The number of ether oxygens (including phenoxy) is 1. The van der Waals surface area contributed by atoms with Crippen LogP contribution < -0.4 is 0 Å². The molecule has 0 spiro atoms. The molecule has 4 nitrogen and oxygen atoms in total. The Bertz CT molecular complexity index is 153. The molecule has 5 heteroatoms. The van der Waals surface area contributed by atoms with Crippen LogP contribution in [0, 0.1) is 0 Å². The summed E-state index contributed by atoms with van der Waals surface area (Å²) in [6.45, 7) is 6.80. The molecule has 0 aromatic carbocycles. The summed E-state index contributed by atoms with van der Waals surface area (Å²) in [6.07, 6.45) is 1.28. The molecule has 15 heavy (non-hydrogen) atoms. The quantitative estimate of drug-likeness (QED) is 0.605. The first-order valence-electron chi connectivity index (χ1n) is 5.33. The molecule has 0 aliphatic rings. The van der Waals surface area contributed by atoms with Crippen LogP contribution in [0.4, 0.5) is 0 Å². The van der Waals surface area contributed by atoms with Crippen molar-refractivity contribution in [1.29, 1.82) is 0 Å². The topological polar surface area (TPSA) is 36.9 Å². The average Bonchev–Trinajstić information content (AvgIpc) is 2.28. The molecule has 0 saturated heterocycles. The van der Waals surface area contributed by atoms with Crippen LogP contribution in [0.1, 0.15) is 27.2 Å². The molecule has 0 saturated carbocycles. The van der Waals surface area contributed by atoms with Gasteiger partial charge in [0.2, 0.25) is 0 Å². The van der Waals surface area contributed by atoms with Crippen LogP contribution in [0.5, 0.6) is 0 Å². The van der Waals surface area contributed by atoms with Gasteiger partial charge in [0.05, 0.1) is 12.7 Å². The Morgan fingerprint density at radius 1 is 1.00 bits per heavy atom. The molecule has 0 bridgehead atoms. The van der Waals surface area contributed by atoms with E-state index in [1.165, 1.54) is 0 Å². The second kappa shape index (κ2) is 7.35. The van der Waals surface area contributed by atoms with E-state index in [2.05, 4.69) is 13.8 Å². The number of rotatable bonds is 8. The molecule has 0 aromatic heterocycles. The van der Waals surface area contributed by atoms with Crippen molar-refractivity contribution in [3.63, 3.8) is 0 Å². The second-order valence-electron chi connectivity index (χ2n) is 3.67. The Balaban J connectivity index is 4.20. The van der Waals surface area contributed by atoms with Crippen molar-refractivity contribution in [1.82, 2.24) is 0 Å². The maximum Gasteiger partial charge on any atom is 0.505 e. The third-order valence-electron chi connectivity index (χ3n) is 2.66. The van der Waals surface area contributed by atoms with Gasteiger partial charge in [-0.15, -0.1) is 0 Å². The molecule has 0 rings (SSSR count). The van der Waals surface area contributed by atoms with Crippen LogP contribution in [-0.4, -0.2) is 42.8 Å². The van der Waals surface area contributed by atoms with E-state index in [4.69, 9.17) is 18.0 Å². The van der Waals surface area contributed by atoms with Crippen molar-refractivity contribution in [2.45, 2.75) is 38.8 Å². The molecule has 0 N–H and O–H groups in total. The summed E-state index contributed by atoms with van der Waals surface area (Å²) in [5.74, 6) is 0. The van der Waals surface area contributed by atoms with Crippen molar-refractivity contribution in [2.75, 3.05) is 27.9 Å². The highest BCUT2D eigenvalue weighted by molar-refractivity contribution is 6.62. The van der Waals surface area contributed by atoms with Crippen molar-refractivity contribution in [3.8, 4) is 0 Å². The zero-order valence-electron chi connectivity index (χ0n) is 10.7. The number of hydrogen-bond acceptors (Lipinski definition) is 4. The van der Waals surface area contributed by atoms with Gasteiger partial charge in [0.25, 0.3) is 0 Å². The molecule has 0 fully saturated rings. The lowest BCUT2D eigenvalue weighted by Gasteiger charge is -2.30. The Morgan fingerprint density at radius 3 is 1.80 bits per heavy atom. The minimum absolute atomic E-state index is 0.145. The van der Waals surface area contributed by atoms with E-state index in [9.17, 15) is 0 Å². The summed E-state index contributed by atoms with van der Waals surface area (Å²) in [4.78, 5) is 0. The van der Waals surface area contributed by atoms with Crippen LogP contribution in [0.15, 0.2) is 0 Å². The Hall–Kier alpha value is 0.0569. The molecule has 0 radical (unpaired) electrons. The van der Waals surface area contributed by atoms with E-state index in [0.717, 1.165) is 6.42 Å². The van der Waals surface area contributed by atoms with Gasteiger partial charge in [-0.25, -0.2) is 0 Å². The lowest BCUT2D eigenvalue weighted by atomic mass is 10.3. The highest BCUT2D eigenvalue weighted by Gasteiger charge is 2.44. The average molecular weight is 236 g/mol. The molecule has 0 heterocycles. The first kappa shape index (κ1) is 15.1. The maximum atomic E-state index is 5.66. The Morgan fingerprint density at radius 2 is 1.47 bits per heavy atom. The minimum atomic E-state index is -2.53. The van der Waals surface area contributed by atoms with Gasteiger partial charge in [-0.05, 0) is 13.3 Å². The molecular weight excluding hydrogens is 212 g/mol. The van der Waals surface area contributed by atoms with Crippen molar-refractivity contribution in [3.05, 3.63) is 0 Å². The molecule has 0 aliphatic carbocycles. The van der Waals surface area contributed by atoms with Gasteiger partial charge in [0.1, 0.15) is 0 Å². The Kier molecular flexibility index (Phi) is 7.38. The van der Waals surface area contributed by atoms with Gasteiger partial charge in [-0.1, -0.05) is 13.8 Å². The fourth-order valence-corrected chi connectivity index (χ4v) is 3.39. The van der Waals surface area contributed by atoms with Crippen LogP contribution in [0.25, 0.3) is 0 Å². The SMILES string of the molecule is CCC(C)OCC(C)[Si](OC)(OC)OC.